The first-order valence-electron chi connectivity index (χ1n) is 7.33. The molecule has 10 nitrogen and oxygen atoms in total. The Morgan fingerprint density at radius 3 is 2.50 bits per heavy atom. The van der Waals surface area contributed by atoms with Crippen LogP contribution in [0, 0.1) is 0 Å². The second-order valence-electron chi connectivity index (χ2n) is 5.05. The van der Waals surface area contributed by atoms with E-state index in [0.29, 0.717) is 18.8 Å². The van der Waals surface area contributed by atoms with Crippen LogP contribution < -0.4 is 16.4 Å². The third-order valence-electron chi connectivity index (χ3n) is 3.37. The zero-order valence-electron chi connectivity index (χ0n) is 12.9. The Balaban J connectivity index is 1.60. The van der Waals surface area contributed by atoms with Crippen molar-refractivity contribution in [1.29, 1.82) is 0 Å². The van der Waals surface area contributed by atoms with Crippen molar-refractivity contribution in [2.45, 2.75) is 6.61 Å². The topological polar surface area (TPSA) is 142 Å². The molecule has 1 fully saturated rings. The number of ether oxygens (including phenoxy) is 2. The van der Waals surface area contributed by atoms with E-state index in [1.165, 1.54) is 6.20 Å². The second kappa shape index (κ2) is 7.04. The van der Waals surface area contributed by atoms with E-state index >= 15 is 0 Å². The van der Waals surface area contributed by atoms with Crippen LogP contribution in [0.25, 0.3) is 0 Å². The highest BCUT2D eigenvalue weighted by atomic mass is 16.5. The van der Waals surface area contributed by atoms with Gasteiger partial charge in [-0.25, -0.2) is 9.78 Å². The van der Waals surface area contributed by atoms with Crippen molar-refractivity contribution in [2.24, 2.45) is 0 Å². The van der Waals surface area contributed by atoms with Gasteiger partial charge in [-0.15, -0.1) is 0 Å². The molecule has 0 spiro atoms. The van der Waals surface area contributed by atoms with E-state index in [-0.39, 0.29) is 24.3 Å². The number of pyridine rings is 1. The molecule has 1 aliphatic rings. The van der Waals surface area contributed by atoms with Crippen molar-refractivity contribution >= 4 is 23.7 Å². The Kier molecular flexibility index (Phi) is 4.66. The number of carbonyl (C=O) groups excluding carboxylic acids is 1. The van der Waals surface area contributed by atoms with Gasteiger partial charge in [0.25, 0.3) is 0 Å². The number of rotatable bonds is 4. The van der Waals surface area contributed by atoms with E-state index in [1.54, 1.807) is 12.1 Å². The molecule has 3 heterocycles. The van der Waals surface area contributed by atoms with Gasteiger partial charge in [0, 0.05) is 19.3 Å². The molecule has 3 rings (SSSR count). The minimum Gasteiger partial charge on any atom is -0.454 e. The monoisotopic (exact) mass is 331 g/mol. The molecule has 1 saturated heterocycles. The minimum atomic E-state index is -0.534. The third-order valence-corrected chi connectivity index (χ3v) is 3.37. The smallest absolute Gasteiger partial charge is 0.340 e. The quantitative estimate of drug-likeness (QED) is 0.712. The fourth-order valence-electron chi connectivity index (χ4n) is 2.22. The molecule has 10 heteroatoms. The molecule has 0 bridgehead atoms. The van der Waals surface area contributed by atoms with Gasteiger partial charge in [0.2, 0.25) is 11.9 Å². The first kappa shape index (κ1) is 15.9. The highest BCUT2D eigenvalue weighted by Crippen LogP contribution is 2.14. The standard InChI is InChI=1S/C14H17N7O3/c15-13-18-10(19-14(16)20-13)8-24-12(22)9-1-2-11(17-7-9)21-3-5-23-6-4-21/h1-2,7H,3-6,8H2,(H4,15,16,18,19,20). The van der Waals surface area contributed by atoms with Crippen LogP contribution in [0.4, 0.5) is 17.7 Å². The molecule has 126 valence electrons. The highest BCUT2D eigenvalue weighted by molar-refractivity contribution is 5.89. The van der Waals surface area contributed by atoms with E-state index in [0.717, 1.165) is 18.9 Å². The number of nitrogens with zero attached hydrogens (tertiary/aromatic N) is 5. The Morgan fingerprint density at radius 1 is 1.17 bits per heavy atom. The SMILES string of the molecule is Nc1nc(N)nc(COC(=O)c2ccc(N3CCOCC3)nc2)n1. The van der Waals surface area contributed by atoms with Crippen LogP contribution in [-0.2, 0) is 16.1 Å². The molecule has 0 aromatic carbocycles. The van der Waals surface area contributed by atoms with Gasteiger partial charge in [0.05, 0.1) is 18.8 Å². The average Bonchev–Trinajstić information content (AvgIpc) is 2.60. The third kappa shape index (κ3) is 3.84. The lowest BCUT2D eigenvalue weighted by Crippen LogP contribution is -2.36. The highest BCUT2D eigenvalue weighted by Gasteiger charge is 2.14. The van der Waals surface area contributed by atoms with Crippen molar-refractivity contribution in [2.75, 3.05) is 42.7 Å². The predicted molar refractivity (Wildman–Crippen MR) is 85.0 cm³/mol. The zero-order valence-corrected chi connectivity index (χ0v) is 12.9. The molecule has 0 amide bonds. The number of carbonyl (C=O) groups is 1. The van der Waals surface area contributed by atoms with Crippen LogP contribution >= 0.6 is 0 Å². The number of morpholine rings is 1. The van der Waals surface area contributed by atoms with Crippen molar-refractivity contribution in [3.8, 4) is 0 Å². The summed E-state index contributed by atoms with van der Waals surface area (Å²) in [7, 11) is 0. The van der Waals surface area contributed by atoms with Crippen molar-refractivity contribution < 1.29 is 14.3 Å². The Bertz CT molecular complexity index is 697. The van der Waals surface area contributed by atoms with E-state index in [9.17, 15) is 4.79 Å². The number of nitrogens with two attached hydrogens (primary N) is 2. The van der Waals surface area contributed by atoms with E-state index in [2.05, 4.69) is 24.8 Å². The number of anilines is 3. The second-order valence-corrected chi connectivity index (χ2v) is 5.05. The lowest BCUT2D eigenvalue weighted by molar-refractivity contribution is 0.0461. The summed E-state index contributed by atoms with van der Waals surface area (Å²) in [6.07, 6.45) is 1.48. The summed E-state index contributed by atoms with van der Waals surface area (Å²) in [5, 5.41) is 0. The van der Waals surface area contributed by atoms with Gasteiger partial charge in [-0.1, -0.05) is 0 Å². The molecule has 0 atom stereocenters. The molecule has 0 aliphatic carbocycles. The van der Waals surface area contributed by atoms with Gasteiger partial charge in [-0.3, -0.25) is 0 Å². The maximum absolute atomic E-state index is 12.0. The summed E-state index contributed by atoms with van der Waals surface area (Å²) in [6, 6.07) is 3.44. The lowest BCUT2D eigenvalue weighted by Gasteiger charge is -2.27. The van der Waals surface area contributed by atoms with Gasteiger partial charge in [-0.05, 0) is 12.1 Å². The van der Waals surface area contributed by atoms with Crippen molar-refractivity contribution in [3.05, 3.63) is 29.7 Å². The van der Waals surface area contributed by atoms with Crippen LogP contribution in [0.2, 0.25) is 0 Å². The zero-order chi connectivity index (χ0) is 16.9. The molecule has 0 saturated carbocycles. The summed E-state index contributed by atoms with van der Waals surface area (Å²) in [5.74, 6) is 0.405. The molecule has 0 radical (unpaired) electrons. The summed E-state index contributed by atoms with van der Waals surface area (Å²) < 4.78 is 10.4. The Hall–Kier alpha value is -3.01. The van der Waals surface area contributed by atoms with Gasteiger partial charge in [-0.2, -0.15) is 15.0 Å². The number of hydrogen-bond donors (Lipinski definition) is 2. The molecule has 24 heavy (non-hydrogen) atoms. The lowest BCUT2D eigenvalue weighted by atomic mass is 10.2. The van der Waals surface area contributed by atoms with Gasteiger partial charge >= 0.3 is 5.97 Å². The Labute approximate surface area is 137 Å². The normalized spacial score (nSPS) is 14.4. The van der Waals surface area contributed by atoms with Gasteiger partial charge in [0.1, 0.15) is 5.82 Å². The van der Waals surface area contributed by atoms with Gasteiger partial charge in [0.15, 0.2) is 12.4 Å². The summed E-state index contributed by atoms with van der Waals surface area (Å²) >= 11 is 0. The molecular weight excluding hydrogens is 314 g/mol. The average molecular weight is 331 g/mol. The number of esters is 1. The number of aromatic nitrogens is 4. The molecule has 4 N–H and O–H groups in total. The molecular formula is C14H17N7O3. The van der Waals surface area contributed by atoms with E-state index in [4.69, 9.17) is 20.9 Å². The summed E-state index contributed by atoms with van der Waals surface area (Å²) in [5.41, 5.74) is 11.3. The van der Waals surface area contributed by atoms with Crippen LogP contribution in [0.5, 0.6) is 0 Å². The van der Waals surface area contributed by atoms with Crippen LogP contribution in [0.1, 0.15) is 16.2 Å². The predicted octanol–water partition coefficient (Wildman–Crippen LogP) is -0.375. The van der Waals surface area contributed by atoms with Crippen molar-refractivity contribution in [1.82, 2.24) is 19.9 Å². The molecule has 0 unspecified atom stereocenters. The molecule has 1 aliphatic heterocycles. The van der Waals surface area contributed by atoms with Crippen molar-refractivity contribution in [3.63, 3.8) is 0 Å². The largest absolute Gasteiger partial charge is 0.454 e. The number of hydrogen-bond acceptors (Lipinski definition) is 10. The number of nitrogen functional groups attached to an aromatic ring is 2. The maximum Gasteiger partial charge on any atom is 0.340 e. The van der Waals surface area contributed by atoms with E-state index < -0.39 is 5.97 Å². The van der Waals surface area contributed by atoms with Crippen LogP contribution in [0.3, 0.4) is 0 Å². The van der Waals surface area contributed by atoms with Crippen LogP contribution in [0.15, 0.2) is 18.3 Å². The maximum atomic E-state index is 12.0. The van der Waals surface area contributed by atoms with Gasteiger partial charge < -0.3 is 25.8 Å². The summed E-state index contributed by atoms with van der Waals surface area (Å²) in [6.45, 7) is 2.74. The first-order valence-corrected chi connectivity index (χ1v) is 7.33. The van der Waals surface area contributed by atoms with Crippen LogP contribution in [-0.4, -0.2) is 52.2 Å². The first-order chi connectivity index (χ1) is 11.6. The molecule has 2 aromatic heterocycles. The fourth-order valence-corrected chi connectivity index (χ4v) is 2.22. The molecule has 2 aromatic rings. The Morgan fingerprint density at radius 2 is 1.88 bits per heavy atom. The summed E-state index contributed by atoms with van der Waals surface area (Å²) in [4.78, 5) is 29.8. The minimum absolute atomic E-state index is 0.0231. The van der Waals surface area contributed by atoms with E-state index in [1.807, 2.05) is 0 Å². The fraction of sp³-hybridized carbons (Fsp3) is 0.357.